The van der Waals surface area contributed by atoms with Crippen molar-refractivity contribution in [1.29, 1.82) is 0 Å². The summed E-state index contributed by atoms with van der Waals surface area (Å²) in [6.07, 6.45) is 4.90. The number of ether oxygens (including phenoxy) is 1. The Morgan fingerprint density at radius 3 is 2.54 bits per heavy atom. The van der Waals surface area contributed by atoms with Gasteiger partial charge in [-0.1, -0.05) is 24.8 Å². The van der Waals surface area contributed by atoms with E-state index in [4.69, 9.17) is 4.74 Å². The van der Waals surface area contributed by atoms with Gasteiger partial charge in [-0.15, -0.1) is 0 Å². The first-order chi connectivity index (χ1) is 12.6. The van der Waals surface area contributed by atoms with Gasteiger partial charge < -0.3 is 15.0 Å². The monoisotopic (exact) mass is 358 g/mol. The van der Waals surface area contributed by atoms with Crippen LogP contribution in [-0.4, -0.2) is 42.2 Å². The molecule has 26 heavy (non-hydrogen) atoms. The lowest BCUT2D eigenvalue weighted by Gasteiger charge is -2.32. The third kappa shape index (κ3) is 6.35. The van der Waals surface area contributed by atoms with Gasteiger partial charge in [0.25, 0.3) is 11.8 Å². The van der Waals surface area contributed by atoms with Crippen molar-refractivity contribution in [3.05, 3.63) is 43.1 Å². The highest BCUT2D eigenvalue weighted by atomic mass is 16.5. The van der Waals surface area contributed by atoms with Gasteiger partial charge in [-0.05, 0) is 49.9 Å². The van der Waals surface area contributed by atoms with E-state index in [1.165, 1.54) is 6.20 Å². The Morgan fingerprint density at radius 2 is 1.88 bits per heavy atom. The molecule has 1 heterocycles. The highest BCUT2D eigenvalue weighted by Crippen LogP contribution is 2.23. The zero-order chi connectivity index (χ0) is 18.8. The number of rotatable bonds is 9. The van der Waals surface area contributed by atoms with Crippen molar-refractivity contribution < 1.29 is 19.1 Å². The van der Waals surface area contributed by atoms with E-state index in [9.17, 15) is 14.4 Å². The van der Waals surface area contributed by atoms with Gasteiger partial charge in [-0.25, -0.2) is 0 Å². The van der Waals surface area contributed by atoms with Gasteiger partial charge in [0, 0.05) is 19.5 Å². The van der Waals surface area contributed by atoms with Crippen LogP contribution < -0.4 is 10.1 Å². The third-order valence-electron chi connectivity index (χ3n) is 4.58. The van der Waals surface area contributed by atoms with E-state index >= 15 is 0 Å². The van der Waals surface area contributed by atoms with Crippen molar-refractivity contribution in [1.82, 2.24) is 10.2 Å². The number of benzene rings is 1. The van der Waals surface area contributed by atoms with Crippen molar-refractivity contribution in [2.24, 2.45) is 5.92 Å². The minimum atomic E-state index is -0.598. The van der Waals surface area contributed by atoms with Crippen LogP contribution >= 0.6 is 0 Å². The summed E-state index contributed by atoms with van der Waals surface area (Å²) in [5.41, 5.74) is 0. The summed E-state index contributed by atoms with van der Waals surface area (Å²) < 4.78 is 5.51. The Kier molecular flexibility index (Phi) is 7.86. The van der Waals surface area contributed by atoms with E-state index in [1.807, 2.05) is 35.2 Å². The molecule has 0 spiro atoms. The summed E-state index contributed by atoms with van der Waals surface area (Å²) in [6.45, 7) is 4.85. The number of hydrogen-bond acceptors (Lipinski definition) is 4. The Bertz CT molecular complexity index is 622. The topological polar surface area (TPSA) is 75.7 Å². The lowest BCUT2D eigenvalue weighted by Crippen LogP contribution is -2.41. The summed E-state index contributed by atoms with van der Waals surface area (Å²) in [5.74, 6) is 0.184. The molecule has 6 nitrogen and oxygen atoms in total. The average Bonchev–Trinajstić information content (AvgIpc) is 2.67. The molecule has 2 amide bonds. The molecule has 140 valence electrons. The van der Waals surface area contributed by atoms with Crippen LogP contribution in [0.15, 0.2) is 43.1 Å². The molecule has 1 aromatic rings. The number of piperidine rings is 1. The molecule has 1 aromatic carbocycles. The molecular formula is C20H26N2O4. The van der Waals surface area contributed by atoms with Gasteiger partial charge in [0.05, 0.1) is 0 Å². The van der Waals surface area contributed by atoms with Gasteiger partial charge in [0.15, 0.2) is 6.61 Å². The second-order valence-electron chi connectivity index (χ2n) is 6.42. The smallest absolute Gasteiger partial charge is 0.291 e. The molecule has 1 saturated heterocycles. The first-order valence-corrected chi connectivity index (χ1v) is 9.00. The second kappa shape index (κ2) is 10.4. The standard InChI is InChI=1S/C20H26N2O4/c1-2-21-20(25)18(23)10-6-7-16-11-13-22(14-12-16)19(24)15-26-17-8-4-3-5-9-17/h2-5,8-9,16H,1,6-7,10-15H2,(H,21,25). The first-order valence-electron chi connectivity index (χ1n) is 9.00. The predicted molar refractivity (Wildman–Crippen MR) is 98.4 cm³/mol. The van der Waals surface area contributed by atoms with Crippen molar-refractivity contribution in [3.8, 4) is 5.75 Å². The molecule has 0 aromatic heterocycles. The number of amides is 2. The number of nitrogens with zero attached hydrogens (tertiary/aromatic N) is 1. The van der Waals surface area contributed by atoms with Crippen LogP contribution in [0.1, 0.15) is 32.1 Å². The molecule has 0 bridgehead atoms. The summed E-state index contributed by atoms with van der Waals surface area (Å²) >= 11 is 0. The molecule has 1 fully saturated rings. The predicted octanol–water partition coefficient (Wildman–Crippen LogP) is 2.30. The number of Topliss-reactive ketones (excluding diaryl/α,β-unsaturated/α-hetero) is 1. The lowest BCUT2D eigenvalue weighted by atomic mass is 9.91. The number of carbonyl (C=O) groups excluding carboxylic acids is 3. The molecule has 2 rings (SSSR count). The molecule has 0 radical (unpaired) electrons. The number of nitrogens with one attached hydrogen (secondary N) is 1. The number of hydrogen-bond donors (Lipinski definition) is 1. The van der Waals surface area contributed by atoms with Gasteiger partial charge in [-0.2, -0.15) is 0 Å². The minimum absolute atomic E-state index is 0.00331. The second-order valence-corrected chi connectivity index (χ2v) is 6.42. The van der Waals surface area contributed by atoms with Crippen LogP contribution in [0.4, 0.5) is 0 Å². The van der Waals surface area contributed by atoms with E-state index < -0.39 is 11.7 Å². The maximum atomic E-state index is 12.2. The van der Waals surface area contributed by atoms with E-state index in [-0.39, 0.29) is 18.9 Å². The van der Waals surface area contributed by atoms with E-state index in [2.05, 4.69) is 11.9 Å². The largest absolute Gasteiger partial charge is 0.484 e. The summed E-state index contributed by atoms with van der Waals surface area (Å²) in [4.78, 5) is 37.0. The maximum absolute atomic E-state index is 12.2. The normalized spacial score (nSPS) is 14.5. The molecule has 0 saturated carbocycles. The zero-order valence-corrected chi connectivity index (χ0v) is 15.0. The van der Waals surface area contributed by atoms with Crippen LogP contribution in [0, 0.1) is 5.92 Å². The lowest BCUT2D eigenvalue weighted by molar-refractivity contribution is -0.137. The quantitative estimate of drug-likeness (QED) is 0.687. The minimum Gasteiger partial charge on any atom is -0.484 e. The van der Waals surface area contributed by atoms with Crippen LogP contribution in [0.25, 0.3) is 0 Å². The van der Waals surface area contributed by atoms with Crippen LogP contribution in [0.2, 0.25) is 0 Å². The van der Waals surface area contributed by atoms with E-state index in [0.717, 1.165) is 19.3 Å². The van der Waals surface area contributed by atoms with Gasteiger partial charge in [-0.3, -0.25) is 14.4 Å². The Hall–Kier alpha value is -2.63. The fourth-order valence-electron chi connectivity index (χ4n) is 3.06. The molecule has 1 aliphatic heterocycles. The van der Waals surface area contributed by atoms with Crippen LogP contribution in [0.3, 0.4) is 0 Å². The van der Waals surface area contributed by atoms with Crippen molar-refractivity contribution in [3.63, 3.8) is 0 Å². The molecular weight excluding hydrogens is 332 g/mol. The molecule has 1 aliphatic rings. The van der Waals surface area contributed by atoms with Gasteiger partial charge >= 0.3 is 0 Å². The SMILES string of the molecule is C=CNC(=O)C(=O)CCCC1CCN(C(=O)COc2ccccc2)CC1. The molecule has 6 heteroatoms. The fraction of sp³-hybridized carbons (Fsp3) is 0.450. The molecule has 0 unspecified atom stereocenters. The Labute approximate surface area is 154 Å². The molecule has 1 N–H and O–H groups in total. The average molecular weight is 358 g/mol. The highest BCUT2D eigenvalue weighted by molar-refractivity contribution is 6.36. The summed E-state index contributed by atoms with van der Waals surface area (Å²) in [7, 11) is 0. The molecule has 0 atom stereocenters. The highest BCUT2D eigenvalue weighted by Gasteiger charge is 2.23. The fourth-order valence-corrected chi connectivity index (χ4v) is 3.06. The van der Waals surface area contributed by atoms with E-state index in [0.29, 0.717) is 31.2 Å². The molecule has 0 aliphatic carbocycles. The number of likely N-dealkylation sites (tertiary alicyclic amines) is 1. The number of ketones is 1. The first kappa shape index (κ1) is 19.7. The summed E-state index contributed by atoms with van der Waals surface area (Å²) in [5, 5.41) is 2.30. The zero-order valence-electron chi connectivity index (χ0n) is 15.0. The van der Waals surface area contributed by atoms with Gasteiger partial charge in [0.2, 0.25) is 5.78 Å². The maximum Gasteiger partial charge on any atom is 0.291 e. The van der Waals surface area contributed by atoms with Gasteiger partial charge in [0.1, 0.15) is 5.75 Å². The van der Waals surface area contributed by atoms with Crippen molar-refractivity contribution >= 4 is 17.6 Å². The summed E-state index contributed by atoms with van der Waals surface area (Å²) in [6, 6.07) is 9.30. The van der Waals surface area contributed by atoms with Crippen LogP contribution in [-0.2, 0) is 14.4 Å². The Balaban J connectivity index is 1.62. The number of para-hydroxylation sites is 1. The van der Waals surface area contributed by atoms with Crippen LogP contribution in [0.5, 0.6) is 5.75 Å². The third-order valence-corrected chi connectivity index (χ3v) is 4.58. The van der Waals surface area contributed by atoms with Crippen molar-refractivity contribution in [2.75, 3.05) is 19.7 Å². The van der Waals surface area contributed by atoms with Crippen molar-refractivity contribution in [2.45, 2.75) is 32.1 Å². The number of carbonyl (C=O) groups is 3. The van der Waals surface area contributed by atoms with E-state index in [1.54, 1.807) is 0 Å². The Morgan fingerprint density at radius 1 is 1.19 bits per heavy atom.